The summed E-state index contributed by atoms with van der Waals surface area (Å²) in [6.07, 6.45) is 3.55. The van der Waals surface area contributed by atoms with Gasteiger partial charge in [-0.1, -0.05) is 6.07 Å². The van der Waals surface area contributed by atoms with Gasteiger partial charge in [0.15, 0.2) is 0 Å². The van der Waals surface area contributed by atoms with Gasteiger partial charge >= 0.3 is 0 Å². The van der Waals surface area contributed by atoms with Crippen LogP contribution in [-0.4, -0.2) is 19.7 Å². The van der Waals surface area contributed by atoms with E-state index in [0.717, 1.165) is 31.0 Å². The maximum atomic E-state index is 13.5. The topological polar surface area (TPSA) is 47.3 Å². The fraction of sp³-hybridized carbons (Fsp3) is 0.600. The molecule has 1 saturated carbocycles. The van der Waals surface area contributed by atoms with Gasteiger partial charge in [0.05, 0.1) is 6.61 Å². The maximum absolute atomic E-state index is 13.5. The molecule has 106 valence electrons. The third kappa shape index (κ3) is 4.00. The minimum atomic E-state index is -0.197. The molecule has 0 aliphatic heterocycles. The van der Waals surface area contributed by atoms with E-state index >= 15 is 0 Å². The summed E-state index contributed by atoms with van der Waals surface area (Å²) >= 11 is 0. The van der Waals surface area contributed by atoms with Crippen LogP contribution < -0.4 is 11.1 Å². The molecule has 1 fully saturated rings. The molecule has 1 aromatic rings. The molecule has 0 heterocycles. The van der Waals surface area contributed by atoms with Gasteiger partial charge < -0.3 is 15.8 Å². The normalized spacial score (nSPS) is 22.3. The molecule has 1 aliphatic rings. The van der Waals surface area contributed by atoms with Crippen LogP contribution in [0, 0.1) is 11.7 Å². The summed E-state index contributed by atoms with van der Waals surface area (Å²) in [5.41, 5.74) is 7.27. The molecule has 4 heteroatoms. The molecule has 0 unspecified atom stereocenters. The average molecular weight is 266 g/mol. The lowest BCUT2D eigenvalue weighted by atomic mass is 9.78. The maximum Gasteiger partial charge on any atom is 0.128 e. The van der Waals surface area contributed by atoms with E-state index in [-0.39, 0.29) is 5.82 Å². The lowest BCUT2D eigenvalue weighted by molar-refractivity contribution is 0.181. The van der Waals surface area contributed by atoms with Crippen LogP contribution in [0.3, 0.4) is 0 Å². The molecular weight excluding hydrogens is 243 g/mol. The second-order valence-electron chi connectivity index (χ2n) is 5.35. The first kappa shape index (κ1) is 14.4. The Bertz CT molecular complexity index is 405. The Morgan fingerprint density at radius 3 is 2.89 bits per heavy atom. The van der Waals surface area contributed by atoms with E-state index in [1.165, 1.54) is 18.9 Å². The van der Waals surface area contributed by atoms with Crippen molar-refractivity contribution >= 4 is 0 Å². The summed E-state index contributed by atoms with van der Waals surface area (Å²) in [7, 11) is 1.58. The van der Waals surface area contributed by atoms with E-state index in [1.54, 1.807) is 7.11 Å². The van der Waals surface area contributed by atoms with Gasteiger partial charge in [-0.2, -0.15) is 0 Å². The smallest absolute Gasteiger partial charge is 0.128 e. The summed E-state index contributed by atoms with van der Waals surface area (Å²) in [5.74, 6) is 0.594. The first-order valence-electron chi connectivity index (χ1n) is 6.92. The summed E-state index contributed by atoms with van der Waals surface area (Å²) in [4.78, 5) is 0. The quantitative estimate of drug-likeness (QED) is 0.795. The summed E-state index contributed by atoms with van der Waals surface area (Å²) in [6.45, 7) is 1.90. The number of nitrogens with one attached hydrogen (secondary N) is 1. The molecule has 3 N–H and O–H groups in total. The van der Waals surface area contributed by atoms with Crippen LogP contribution in [0.1, 0.15) is 30.4 Å². The Hall–Kier alpha value is -0.970. The van der Waals surface area contributed by atoms with Gasteiger partial charge in [0.25, 0.3) is 0 Å². The number of hydrogen-bond donors (Lipinski definition) is 2. The van der Waals surface area contributed by atoms with Gasteiger partial charge in [0.2, 0.25) is 0 Å². The molecule has 1 aliphatic carbocycles. The number of ether oxygens (including phenoxy) is 1. The van der Waals surface area contributed by atoms with Crippen LogP contribution >= 0.6 is 0 Å². The predicted octanol–water partition coefficient (Wildman–Crippen LogP) is 2.19. The molecule has 0 bridgehead atoms. The van der Waals surface area contributed by atoms with Crippen LogP contribution in [0.25, 0.3) is 0 Å². The van der Waals surface area contributed by atoms with E-state index in [9.17, 15) is 4.39 Å². The summed E-state index contributed by atoms with van der Waals surface area (Å²) in [5, 5.41) is 3.51. The van der Waals surface area contributed by atoms with Gasteiger partial charge in [0.1, 0.15) is 5.82 Å². The third-order valence-electron chi connectivity index (χ3n) is 3.82. The van der Waals surface area contributed by atoms with Gasteiger partial charge in [-0.15, -0.1) is 0 Å². The fourth-order valence-electron chi connectivity index (χ4n) is 2.64. The van der Waals surface area contributed by atoms with E-state index in [1.807, 2.05) is 12.1 Å². The number of hydrogen-bond acceptors (Lipinski definition) is 3. The molecule has 2 rings (SSSR count). The van der Waals surface area contributed by atoms with Crippen molar-refractivity contribution < 1.29 is 9.13 Å². The molecule has 0 amide bonds. The number of halogens is 1. The van der Waals surface area contributed by atoms with Crippen LogP contribution in [0.15, 0.2) is 18.2 Å². The lowest BCUT2D eigenvalue weighted by Gasteiger charge is -2.36. The zero-order valence-electron chi connectivity index (χ0n) is 11.5. The SMILES string of the molecule is COCc1cc(CNC2CC(CCN)C2)ccc1F. The van der Waals surface area contributed by atoms with Crippen molar-refractivity contribution in [3.63, 3.8) is 0 Å². The molecule has 0 spiro atoms. The van der Waals surface area contributed by atoms with Crippen LogP contribution in [0.4, 0.5) is 4.39 Å². The standard InChI is InChI=1S/C15H23FN2O/c1-19-10-13-6-12(2-3-15(13)16)9-18-14-7-11(8-14)4-5-17/h2-3,6,11,14,18H,4-5,7-10,17H2,1H3. The molecule has 3 nitrogen and oxygen atoms in total. The van der Waals surface area contributed by atoms with Gasteiger partial charge in [-0.05, 0) is 49.4 Å². The van der Waals surface area contributed by atoms with Gasteiger partial charge in [-0.25, -0.2) is 4.39 Å². The Kier molecular flexibility index (Phi) is 5.31. The number of rotatable bonds is 7. The van der Waals surface area contributed by atoms with E-state index < -0.39 is 0 Å². The van der Waals surface area contributed by atoms with E-state index in [2.05, 4.69) is 5.32 Å². The zero-order valence-corrected chi connectivity index (χ0v) is 11.5. The largest absolute Gasteiger partial charge is 0.380 e. The van der Waals surface area contributed by atoms with Crippen molar-refractivity contribution in [2.75, 3.05) is 13.7 Å². The Morgan fingerprint density at radius 2 is 2.21 bits per heavy atom. The predicted molar refractivity (Wildman–Crippen MR) is 74.1 cm³/mol. The zero-order chi connectivity index (χ0) is 13.7. The van der Waals surface area contributed by atoms with E-state index in [4.69, 9.17) is 10.5 Å². The second kappa shape index (κ2) is 6.98. The Labute approximate surface area is 114 Å². The van der Waals surface area contributed by atoms with Gasteiger partial charge in [0, 0.05) is 25.3 Å². The highest BCUT2D eigenvalue weighted by atomic mass is 19.1. The Morgan fingerprint density at radius 1 is 1.42 bits per heavy atom. The van der Waals surface area contributed by atoms with Crippen molar-refractivity contribution in [2.24, 2.45) is 11.7 Å². The van der Waals surface area contributed by atoms with Crippen molar-refractivity contribution in [3.8, 4) is 0 Å². The van der Waals surface area contributed by atoms with Crippen molar-refractivity contribution in [1.29, 1.82) is 0 Å². The molecule has 19 heavy (non-hydrogen) atoms. The second-order valence-corrected chi connectivity index (χ2v) is 5.35. The van der Waals surface area contributed by atoms with Crippen LogP contribution in [0.2, 0.25) is 0 Å². The van der Waals surface area contributed by atoms with Crippen molar-refractivity contribution in [1.82, 2.24) is 5.32 Å². The summed E-state index contributed by atoms with van der Waals surface area (Å²) in [6, 6.07) is 5.82. The molecule has 0 radical (unpaired) electrons. The number of benzene rings is 1. The van der Waals surface area contributed by atoms with Crippen molar-refractivity contribution in [3.05, 3.63) is 35.1 Å². The highest BCUT2D eigenvalue weighted by molar-refractivity contribution is 5.24. The highest BCUT2D eigenvalue weighted by Crippen LogP contribution is 2.29. The summed E-state index contributed by atoms with van der Waals surface area (Å²) < 4.78 is 18.4. The lowest BCUT2D eigenvalue weighted by Crippen LogP contribution is -2.41. The molecular formula is C15H23FN2O. The monoisotopic (exact) mass is 266 g/mol. The highest BCUT2D eigenvalue weighted by Gasteiger charge is 2.27. The Balaban J connectivity index is 1.79. The minimum Gasteiger partial charge on any atom is -0.380 e. The number of methoxy groups -OCH3 is 1. The van der Waals surface area contributed by atoms with Gasteiger partial charge in [-0.3, -0.25) is 0 Å². The third-order valence-corrected chi connectivity index (χ3v) is 3.82. The fourth-order valence-corrected chi connectivity index (χ4v) is 2.64. The molecule has 1 aromatic carbocycles. The number of nitrogens with two attached hydrogens (primary N) is 1. The van der Waals surface area contributed by atoms with Crippen molar-refractivity contribution in [2.45, 2.75) is 38.5 Å². The first-order valence-corrected chi connectivity index (χ1v) is 6.92. The molecule has 0 saturated heterocycles. The average Bonchev–Trinajstić information content (AvgIpc) is 2.36. The molecule has 0 atom stereocenters. The molecule has 0 aromatic heterocycles. The van der Waals surface area contributed by atoms with E-state index in [0.29, 0.717) is 18.2 Å². The van der Waals surface area contributed by atoms with Crippen LogP contribution in [0.5, 0.6) is 0 Å². The van der Waals surface area contributed by atoms with Crippen LogP contribution in [-0.2, 0) is 17.9 Å². The first-order chi connectivity index (χ1) is 9.22. The minimum absolute atomic E-state index is 0.197.